The highest BCUT2D eigenvalue weighted by molar-refractivity contribution is 6.03. The molecule has 368 valence electrons. The molecule has 69 heavy (non-hydrogen) atoms. The molecule has 2 aliphatic heterocycles. The van der Waals surface area contributed by atoms with Gasteiger partial charge in [-0.25, -0.2) is 0 Å². The van der Waals surface area contributed by atoms with E-state index >= 15 is 0 Å². The number of nitrogens with one attached hydrogen (secondary N) is 3. The number of pyridine rings is 4. The number of hydrogen-bond donors (Lipinski definition) is 3. The summed E-state index contributed by atoms with van der Waals surface area (Å²) < 4.78 is 31.1. The Kier molecular flexibility index (Phi) is 17.3. The lowest BCUT2D eigenvalue weighted by molar-refractivity contribution is 0.131. The summed E-state index contributed by atoms with van der Waals surface area (Å²) in [5, 5.41) is 10.3. The summed E-state index contributed by atoms with van der Waals surface area (Å²) in [7, 11) is 15.2. The van der Waals surface area contributed by atoms with Crippen molar-refractivity contribution in [3.05, 3.63) is 115 Å². The van der Waals surface area contributed by atoms with Crippen molar-refractivity contribution >= 4 is 55.0 Å². The number of aromatic nitrogens is 4. The maximum absolute atomic E-state index is 12.8. The minimum absolute atomic E-state index is 0.00939. The smallest absolute Gasteiger partial charge is 0.262 e. The first-order valence-corrected chi connectivity index (χ1v) is 23.5. The van der Waals surface area contributed by atoms with E-state index in [2.05, 4.69) is 35.3 Å². The van der Waals surface area contributed by atoms with Crippen LogP contribution in [0.3, 0.4) is 0 Å². The highest BCUT2D eigenvalue weighted by atomic mass is 16.5. The highest BCUT2D eigenvalue weighted by Gasteiger charge is 2.20. The number of rotatable bonds is 16. The predicted octanol–water partition coefficient (Wildman–Crippen LogP) is 5.82. The molecule has 0 amide bonds. The molecule has 6 heterocycles. The molecule has 0 bridgehead atoms. The third-order valence-corrected chi connectivity index (χ3v) is 12.0. The number of likely N-dealkylation sites (N-methyl/N-ethyl adjacent to an activating group) is 3. The van der Waals surface area contributed by atoms with E-state index in [-0.39, 0.29) is 30.1 Å². The van der Waals surface area contributed by atoms with Gasteiger partial charge in [0.15, 0.2) is 0 Å². The van der Waals surface area contributed by atoms with Gasteiger partial charge in [0.05, 0.1) is 38.8 Å². The summed E-state index contributed by atoms with van der Waals surface area (Å²) in [5.74, 6) is 2.28. The summed E-state index contributed by atoms with van der Waals surface area (Å²) in [4.78, 5) is 51.3. The Morgan fingerprint density at radius 3 is 1.64 bits per heavy atom. The fourth-order valence-electron chi connectivity index (χ4n) is 8.44. The Labute approximate surface area is 402 Å². The van der Waals surface area contributed by atoms with Gasteiger partial charge in [0, 0.05) is 98.6 Å². The number of methoxy groups -OCH3 is 2. The topological polar surface area (TPSA) is 170 Å². The second kappa shape index (κ2) is 23.7. The minimum Gasteiger partial charge on any atom is -0.492 e. The zero-order chi connectivity index (χ0) is 49.0. The van der Waals surface area contributed by atoms with Crippen LogP contribution < -0.4 is 41.5 Å². The Balaban J connectivity index is 0.000000153. The molecule has 3 aromatic carbocycles. The SMILES string of the molecule is CN(C)CCOc1ccc2c3c(c(=O)[nH]c2c1)CCCN3.COCn1c(=O)c2c(c3ccc(OCCN(C)C)cc31)NCCC2.COCn1c(=O)c2cccnc2c2ccc(OCCN(C)C)cc21. The largest absolute Gasteiger partial charge is 0.492 e. The molecule has 0 saturated heterocycles. The lowest BCUT2D eigenvalue weighted by atomic mass is 10.0. The number of benzene rings is 3. The van der Waals surface area contributed by atoms with Crippen molar-refractivity contribution in [1.82, 2.24) is 33.8 Å². The maximum atomic E-state index is 12.8. The first kappa shape index (κ1) is 50.4. The quantitative estimate of drug-likeness (QED) is 0.0991. The number of H-pyrrole nitrogens is 1. The monoisotopic (exact) mass is 946 g/mol. The van der Waals surface area contributed by atoms with Crippen LogP contribution in [-0.4, -0.2) is 143 Å². The van der Waals surface area contributed by atoms with Gasteiger partial charge in [-0.2, -0.15) is 0 Å². The second-order valence-corrected chi connectivity index (χ2v) is 17.9. The number of hydrogen-bond acceptors (Lipinski definition) is 14. The van der Waals surface area contributed by atoms with E-state index in [9.17, 15) is 14.4 Å². The van der Waals surface area contributed by atoms with Gasteiger partial charge in [-0.3, -0.25) is 28.5 Å². The molecule has 4 aromatic heterocycles. The number of nitrogens with zero attached hydrogens (tertiary/aromatic N) is 6. The minimum atomic E-state index is -0.113. The molecule has 17 nitrogen and oxygen atoms in total. The van der Waals surface area contributed by atoms with E-state index < -0.39 is 0 Å². The molecule has 2 aliphatic rings. The highest BCUT2D eigenvalue weighted by Crippen LogP contribution is 2.32. The third kappa shape index (κ3) is 12.2. The van der Waals surface area contributed by atoms with Gasteiger partial charge in [0.25, 0.3) is 16.7 Å². The van der Waals surface area contributed by atoms with Crippen LogP contribution in [0.5, 0.6) is 17.2 Å². The first-order chi connectivity index (χ1) is 33.4. The summed E-state index contributed by atoms with van der Waals surface area (Å²) in [6.45, 7) is 6.59. The van der Waals surface area contributed by atoms with Crippen LogP contribution in [0, 0.1) is 0 Å². The summed E-state index contributed by atoms with van der Waals surface area (Å²) >= 11 is 0. The molecule has 7 aromatic rings. The maximum Gasteiger partial charge on any atom is 0.262 e. The fourth-order valence-corrected chi connectivity index (χ4v) is 8.44. The van der Waals surface area contributed by atoms with Gasteiger partial charge in [-0.15, -0.1) is 0 Å². The van der Waals surface area contributed by atoms with Gasteiger partial charge in [-0.1, -0.05) is 0 Å². The van der Waals surface area contributed by atoms with Crippen molar-refractivity contribution in [2.24, 2.45) is 0 Å². The first-order valence-electron chi connectivity index (χ1n) is 23.5. The average molecular weight is 946 g/mol. The summed E-state index contributed by atoms with van der Waals surface area (Å²) in [6.07, 6.45) is 5.33. The summed E-state index contributed by atoms with van der Waals surface area (Å²) in [6, 6.07) is 21.1. The van der Waals surface area contributed by atoms with E-state index in [0.717, 1.165) is 131 Å². The molecule has 0 radical (unpaired) electrons. The molecule has 0 saturated carbocycles. The molecule has 3 N–H and O–H groups in total. The van der Waals surface area contributed by atoms with Crippen molar-refractivity contribution in [2.75, 3.05) is 120 Å². The Hall–Kier alpha value is -6.50. The zero-order valence-corrected chi connectivity index (χ0v) is 41.3. The van der Waals surface area contributed by atoms with Crippen LogP contribution in [0.2, 0.25) is 0 Å². The Bertz CT molecular complexity index is 3050. The molecule has 17 heteroatoms. The predicted molar refractivity (Wildman–Crippen MR) is 276 cm³/mol. The van der Waals surface area contributed by atoms with E-state index in [4.69, 9.17) is 23.7 Å². The molecule has 0 spiro atoms. The van der Waals surface area contributed by atoms with Gasteiger partial charge >= 0.3 is 0 Å². The second-order valence-electron chi connectivity index (χ2n) is 17.9. The van der Waals surface area contributed by atoms with Crippen LogP contribution in [0.25, 0.3) is 43.6 Å². The molecule has 9 rings (SSSR count). The lowest BCUT2D eigenvalue weighted by Crippen LogP contribution is -2.29. The van der Waals surface area contributed by atoms with Crippen LogP contribution >= 0.6 is 0 Å². The van der Waals surface area contributed by atoms with Crippen LogP contribution in [-0.2, 0) is 35.8 Å². The molecule has 0 unspecified atom stereocenters. The van der Waals surface area contributed by atoms with E-state index in [1.807, 2.05) is 96.9 Å². The normalized spacial score (nSPS) is 13.1. The van der Waals surface area contributed by atoms with Crippen molar-refractivity contribution in [1.29, 1.82) is 0 Å². The number of ether oxygens (including phenoxy) is 5. The number of aromatic amines is 1. The Morgan fingerprint density at radius 2 is 1.07 bits per heavy atom. The lowest BCUT2D eigenvalue weighted by Gasteiger charge is -2.22. The van der Waals surface area contributed by atoms with E-state index in [0.29, 0.717) is 30.7 Å². The average Bonchev–Trinajstić information content (AvgIpc) is 3.34. The van der Waals surface area contributed by atoms with Crippen molar-refractivity contribution in [2.45, 2.75) is 39.1 Å². The third-order valence-electron chi connectivity index (χ3n) is 12.0. The van der Waals surface area contributed by atoms with Crippen LogP contribution in [0.1, 0.15) is 24.0 Å². The fraction of sp³-hybridized carbons (Fsp3) is 0.423. The van der Waals surface area contributed by atoms with Crippen LogP contribution in [0.4, 0.5) is 11.4 Å². The molecule has 0 fully saturated rings. The Morgan fingerprint density at radius 1 is 0.580 bits per heavy atom. The standard InChI is InChI=1S/C18H25N3O3.C18H21N3O3.C16H21N3O2/c2*1-20(2)9-10-24-13-6-7-14-16(11-13)21(12-23-3)18(22)15-5-4-8-19-17(14)15;1-19(2)8-9-21-11-5-6-12-14(10-11)18-16(20)13-4-3-7-17-15(12)13/h6-7,11,19H,4-5,8-10,12H2,1-3H3;4-8,11H,9-10,12H2,1-3H3;5-6,10,17H,3-4,7-9H2,1-2H3,(H,18,20). The van der Waals surface area contributed by atoms with E-state index in [1.54, 1.807) is 41.7 Å². The van der Waals surface area contributed by atoms with Crippen molar-refractivity contribution in [3.63, 3.8) is 0 Å². The van der Waals surface area contributed by atoms with Crippen molar-refractivity contribution < 1.29 is 23.7 Å². The van der Waals surface area contributed by atoms with Crippen LogP contribution in [0.15, 0.2) is 87.3 Å². The van der Waals surface area contributed by atoms with Crippen molar-refractivity contribution in [3.8, 4) is 17.2 Å². The van der Waals surface area contributed by atoms with Gasteiger partial charge in [0.1, 0.15) is 50.5 Å². The molecule has 0 atom stereocenters. The molecule has 0 aliphatic carbocycles. The molecular weight excluding hydrogens is 879 g/mol. The zero-order valence-electron chi connectivity index (χ0n) is 41.3. The van der Waals surface area contributed by atoms with Gasteiger partial charge < -0.3 is 54.0 Å². The van der Waals surface area contributed by atoms with E-state index in [1.165, 1.54) is 0 Å². The van der Waals surface area contributed by atoms with Gasteiger partial charge in [-0.05, 0) is 117 Å². The van der Waals surface area contributed by atoms with Gasteiger partial charge in [0.2, 0.25) is 0 Å². The molecular formula is C52H67N9O8. The number of fused-ring (bicyclic) bond motifs is 9. The summed E-state index contributed by atoms with van der Waals surface area (Å²) in [5.41, 5.74) is 6.73. The number of anilines is 2.